The molecule has 4 aromatic carbocycles. The molecule has 0 atom stereocenters. The summed E-state index contributed by atoms with van der Waals surface area (Å²) in [6.45, 7) is 0.408. The van der Waals surface area contributed by atoms with Crippen LogP contribution >= 0.6 is 22.9 Å². The van der Waals surface area contributed by atoms with Crippen LogP contribution in [0.2, 0.25) is 5.02 Å². The Morgan fingerprint density at radius 3 is 2.45 bits per heavy atom. The van der Waals surface area contributed by atoms with Gasteiger partial charge in [0.2, 0.25) is 0 Å². The first kappa shape index (κ1) is 25.2. The normalized spacial score (nSPS) is 10.9. The van der Waals surface area contributed by atoms with Crippen molar-refractivity contribution in [3.05, 3.63) is 130 Å². The molecule has 0 aliphatic carbocycles. The first-order valence-electron chi connectivity index (χ1n) is 11.8. The summed E-state index contributed by atoms with van der Waals surface area (Å²) >= 11 is 7.69. The van der Waals surface area contributed by atoms with Crippen molar-refractivity contribution in [1.82, 2.24) is 10.4 Å². The number of rotatable bonds is 9. The van der Waals surface area contributed by atoms with E-state index < -0.39 is 0 Å². The van der Waals surface area contributed by atoms with E-state index in [0.717, 1.165) is 27.6 Å². The largest absolute Gasteiger partial charge is 0.488 e. The number of para-hydroxylation sites is 1. The maximum Gasteiger partial charge on any atom is 0.271 e. The molecule has 1 aromatic heterocycles. The highest BCUT2D eigenvalue weighted by molar-refractivity contribution is 7.14. The standard InChI is InChI=1S/C30H23ClN4O2S/c31-25-15-16-28(37-19-21-7-3-1-4-8-21)24(17-25)18-32-35-29(36)23-13-11-22(12-14-23)27-20-38-30(34-27)33-26-9-5-2-6-10-26/h1-18,20H,19H2,(H,33,34)(H,35,36)/b32-18-. The Labute approximate surface area is 229 Å². The zero-order valence-electron chi connectivity index (χ0n) is 20.2. The molecule has 0 spiro atoms. The lowest BCUT2D eigenvalue weighted by atomic mass is 10.1. The van der Waals surface area contributed by atoms with Crippen molar-refractivity contribution in [3.8, 4) is 17.0 Å². The summed E-state index contributed by atoms with van der Waals surface area (Å²) in [4.78, 5) is 17.3. The van der Waals surface area contributed by atoms with Gasteiger partial charge in [-0.1, -0.05) is 72.3 Å². The average Bonchev–Trinajstić information content (AvgIpc) is 3.42. The van der Waals surface area contributed by atoms with Crippen molar-refractivity contribution in [2.45, 2.75) is 6.61 Å². The quantitative estimate of drug-likeness (QED) is 0.150. The molecule has 0 fully saturated rings. The molecule has 188 valence electrons. The fourth-order valence-corrected chi connectivity index (χ4v) is 4.53. The lowest BCUT2D eigenvalue weighted by molar-refractivity contribution is 0.0955. The highest BCUT2D eigenvalue weighted by atomic mass is 35.5. The molecule has 5 aromatic rings. The van der Waals surface area contributed by atoms with Crippen LogP contribution in [0.1, 0.15) is 21.5 Å². The number of nitrogens with zero attached hydrogens (tertiary/aromatic N) is 2. The Bertz CT molecular complexity index is 1540. The lowest BCUT2D eigenvalue weighted by Crippen LogP contribution is -2.17. The Morgan fingerprint density at radius 2 is 1.68 bits per heavy atom. The number of carbonyl (C=O) groups excluding carboxylic acids is 1. The lowest BCUT2D eigenvalue weighted by Gasteiger charge is -2.09. The van der Waals surface area contributed by atoms with Gasteiger partial charge < -0.3 is 10.1 Å². The topological polar surface area (TPSA) is 75.6 Å². The number of anilines is 2. The fourth-order valence-electron chi connectivity index (χ4n) is 3.61. The number of hydrogen-bond donors (Lipinski definition) is 2. The second-order valence-electron chi connectivity index (χ2n) is 8.26. The third-order valence-electron chi connectivity index (χ3n) is 5.55. The molecule has 8 heteroatoms. The van der Waals surface area contributed by atoms with Crippen LogP contribution < -0.4 is 15.5 Å². The number of hydrazone groups is 1. The van der Waals surface area contributed by atoms with E-state index in [9.17, 15) is 4.79 Å². The van der Waals surface area contributed by atoms with Crippen LogP contribution in [0.4, 0.5) is 10.8 Å². The number of amides is 1. The first-order valence-corrected chi connectivity index (χ1v) is 13.1. The molecule has 0 unspecified atom stereocenters. The zero-order valence-corrected chi connectivity index (χ0v) is 21.7. The highest BCUT2D eigenvalue weighted by Crippen LogP contribution is 2.27. The minimum Gasteiger partial charge on any atom is -0.488 e. The molecular weight excluding hydrogens is 516 g/mol. The molecule has 0 bridgehead atoms. The molecule has 5 rings (SSSR count). The summed E-state index contributed by atoms with van der Waals surface area (Å²) in [5, 5.41) is 10.7. The van der Waals surface area contributed by atoms with Crippen LogP contribution in [0.15, 0.2) is 114 Å². The van der Waals surface area contributed by atoms with Crippen molar-refractivity contribution in [3.63, 3.8) is 0 Å². The van der Waals surface area contributed by atoms with E-state index in [1.807, 2.05) is 78.2 Å². The molecule has 6 nitrogen and oxygen atoms in total. The number of hydrogen-bond acceptors (Lipinski definition) is 6. The minimum atomic E-state index is -0.328. The van der Waals surface area contributed by atoms with E-state index in [-0.39, 0.29) is 5.91 Å². The average molecular weight is 539 g/mol. The number of benzene rings is 4. The van der Waals surface area contributed by atoms with Crippen LogP contribution in [0.3, 0.4) is 0 Å². The number of aromatic nitrogens is 1. The highest BCUT2D eigenvalue weighted by Gasteiger charge is 2.09. The maximum absolute atomic E-state index is 12.6. The molecule has 0 aliphatic rings. The van der Waals surface area contributed by atoms with Gasteiger partial charge in [0.15, 0.2) is 5.13 Å². The van der Waals surface area contributed by atoms with Gasteiger partial charge in [-0.15, -0.1) is 11.3 Å². The SMILES string of the molecule is O=C(N/N=C\c1cc(Cl)ccc1OCc1ccccc1)c1ccc(-c2csc(Nc3ccccc3)n2)cc1. The van der Waals surface area contributed by atoms with Gasteiger partial charge in [0.1, 0.15) is 12.4 Å². The molecule has 0 aliphatic heterocycles. The Morgan fingerprint density at radius 1 is 0.947 bits per heavy atom. The monoisotopic (exact) mass is 538 g/mol. The number of nitrogens with one attached hydrogen (secondary N) is 2. The molecule has 1 heterocycles. The van der Waals surface area contributed by atoms with E-state index in [2.05, 4.69) is 20.8 Å². The molecule has 1 amide bonds. The molecular formula is C30H23ClN4O2S. The smallest absolute Gasteiger partial charge is 0.271 e. The van der Waals surface area contributed by atoms with Crippen molar-refractivity contribution < 1.29 is 9.53 Å². The van der Waals surface area contributed by atoms with Gasteiger partial charge in [-0.05, 0) is 48.0 Å². The van der Waals surface area contributed by atoms with Gasteiger partial charge in [-0.3, -0.25) is 4.79 Å². The zero-order chi connectivity index (χ0) is 26.2. The Hall–Kier alpha value is -4.46. The van der Waals surface area contributed by atoms with Crippen LogP contribution in [-0.4, -0.2) is 17.1 Å². The van der Waals surface area contributed by atoms with Crippen molar-refractivity contribution in [2.24, 2.45) is 5.10 Å². The second-order valence-corrected chi connectivity index (χ2v) is 9.56. The summed E-state index contributed by atoms with van der Waals surface area (Å²) in [6, 6.07) is 32.3. The number of ether oxygens (including phenoxy) is 1. The molecule has 2 N–H and O–H groups in total. The summed E-state index contributed by atoms with van der Waals surface area (Å²) < 4.78 is 5.94. The van der Waals surface area contributed by atoms with E-state index in [4.69, 9.17) is 16.3 Å². The van der Waals surface area contributed by atoms with E-state index in [0.29, 0.717) is 28.5 Å². The van der Waals surface area contributed by atoms with E-state index >= 15 is 0 Å². The van der Waals surface area contributed by atoms with E-state index in [1.165, 1.54) is 17.6 Å². The molecule has 38 heavy (non-hydrogen) atoms. The van der Waals surface area contributed by atoms with Gasteiger partial charge in [-0.2, -0.15) is 5.10 Å². The molecule has 0 saturated carbocycles. The van der Waals surface area contributed by atoms with Crippen LogP contribution in [0, 0.1) is 0 Å². The number of halogens is 1. The van der Waals surface area contributed by atoms with Crippen molar-refractivity contribution in [2.75, 3.05) is 5.32 Å². The van der Waals surface area contributed by atoms with Crippen LogP contribution in [0.5, 0.6) is 5.75 Å². The maximum atomic E-state index is 12.6. The van der Waals surface area contributed by atoms with Gasteiger partial charge >= 0.3 is 0 Å². The van der Waals surface area contributed by atoms with E-state index in [1.54, 1.807) is 30.3 Å². The summed E-state index contributed by atoms with van der Waals surface area (Å²) in [5.74, 6) is 0.288. The summed E-state index contributed by atoms with van der Waals surface area (Å²) in [5.41, 5.74) is 7.49. The second kappa shape index (κ2) is 12.2. The Balaban J connectivity index is 1.20. The van der Waals surface area contributed by atoms with Crippen LogP contribution in [0.25, 0.3) is 11.3 Å². The Kier molecular flexibility index (Phi) is 8.08. The fraction of sp³-hybridized carbons (Fsp3) is 0.0333. The predicted octanol–water partition coefficient (Wildman–Crippen LogP) is 7.55. The van der Waals surface area contributed by atoms with Crippen molar-refractivity contribution in [1.29, 1.82) is 0 Å². The summed E-state index contributed by atoms with van der Waals surface area (Å²) in [7, 11) is 0. The van der Waals surface area contributed by atoms with Crippen molar-refractivity contribution >= 4 is 45.9 Å². The van der Waals surface area contributed by atoms with Gasteiger partial charge in [0.05, 0.1) is 11.9 Å². The first-order chi connectivity index (χ1) is 18.6. The summed E-state index contributed by atoms with van der Waals surface area (Å²) in [6.07, 6.45) is 1.52. The molecule has 0 radical (unpaired) electrons. The third-order valence-corrected chi connectivity index (χ3v) is 6.54. The minimum absolute atomic E-state index is 0.328. The van der Waals surface area contributed by atoms with Gasteiger partial charge in [-0.25, -0.2) is 10.4 Å². The number of carbonyl (C=O) groups is 1. The van der Waals surface area contributed by atoms with Gasteiger partial charge in [0.25, 0.3) is 5.91 Å². The third kappa shape index (κ3) is 6.64. The predicted molar refractivity (Wildman–Crippen MR) is 155 cm³/mol. The van der Waals surface area contributed by atoms with Crippen LogP contribution in [-0.2, 0) is 6.61 Å². The molecule has 0 saturated heterocycles. The number of thiazole rings is 1. The van der Waals surface area contributed by atoms with Gasteiger partial charge in [0, 0.05) is 32.8 Å².